The van der Waals surface area contributed by atoms with Crippen molar-refractivity contribution in [3.63, 3.8) is 0 Å². The number of nitrogens with one attached hydrogen (secondary N) is 2. The Labute approximate surface area is 99.8 Å². The standard InChI is InChI=1S/C10H14N2O4S/c1-7(2)11-17(15,16)12-9-6-4-3-5-8(9)10(13)14/h3-7,11-12H,1-2H3,(H,13,14). The van der Waals surface area contributed by atoms with Crippen LogP contribution in [0.1, 0.15) is 24.2 Å². The molecule has 94 valence electrons. The highest BCUT2D eigenvalue weighted by Gasteiger charge is 2.16. The third-order valence-corrected chi connectivity index (χ3v) is 3.06. The van der Waals surface area contributed by atoms with Crippen LogP contribution in [0.5, 0.6) is 0 Å². The summed E-state index contributed by atoms with van der Waals surface area (Å²) in [7, 11) is -3.75. The Morgan fingerprint density at radius 1 is 1.29 bits per heavy atom. The predicted octanol–water partition coefficient (Wildman–Crippen LogP) is 1.04. The number of rotatable bonds is 5. The zero-order valence-corrected chi connectivity index (χ0v) is 10.3. The van der Waals surface area contributed by atoms with Gasteiger partial charge in [-0.25, -0.2) is 4.79 Å². The molecule has 0 unspecified atom stereocenters. The monoisotopic (exact) mass is 258 g/mol. The summed E-state index contributed by atoms with van der Waals surface area (Å²) >= 11 is 0. The van der Waals surface area contributed by atoms with Gasteiger partial charge >= 0.3 is 5.97 Å². The molecule has 0 bridgehead atoms. The lowest BCUT2D eigenvalue weighted by Gasteiger charge is -2.12. The number of hydrogen-bond acceptors (Lipinski definition) is 3. The van der Waals surface area contributed by atoms with Crippen molar-refractivity contribution in [2.75, 3.05) is 4.72 Å². The number of carboxylic acid groups (broad SMARTS) is 1. The lowest BCUT2D eigenvalue weighted by atomic mass is 10.2. The minimum absolute atomic E-state index is 0.0353. The lowest BCUT2D eigenvalue weighted by molar-refractivity contribution is 0.0698. The lowest BCUT2D eigenvalue weighted by Crippen LogP contribution is -2.35. The fourth-order valence-corrected chi connectivity index (χ4v) is 2.39. The fourth-order valence-electron chi connectivity index (χ4n) is 1.24. The van der Waals surface area contributed by atoms with Gasteiger partial charge < -0.3 is 5.11 Å². The second-order valence-electron chi connectivity index (χ2n) is 3.73. The van der Waals surface area contributed by atoms with Crippen LogP contribution in [0.25, 0.3) is 0 Å². The van der Waals surface area contributed by atoms with Gasteiger partial charge in [0.25, 0.3) is 10.2 Å². The molecule has 1 rings (SSSR count). The smallest absolute Gasteiger partial charge is 0.337 e. The fraction of sp³-hybridized carbons (Fsp3) is 0.300. The summed E-state index contributed by atoms with van der Waals surface area (Å²) in [5, 5.41) is 8.89. The van der Waals surface area contributed by atoms with E-state index in [4.69, 9.17) is 5.11 Å². The maximum atomic E-state index is 11.6. The van der Waals surface area contributed by atoms with Crippen molar-refractivity contribution in [1.82, 2.24) is 4.72 Å². The van der Waals surface area contributed by atoms with Crippen molar-refractivity contribution in [1.29, 1.82) is 0 Å². The second-order valence-corrected chi connectivity index (χ2v) is 5.18. The summed E-state index contributed by atoms with van der Waals surface area (Å²) in [5.74, 6) is -1.19. The maximum Gasteiger partial charge on any atom is 0.337 e. The van der Waals surface area contributed by atoms with Gasteiger partial charge in [-0.3, -0.25) is 4.72 Å². The van der Waals surface area contributed by atoms with Gasteiger partial charge in [-0.15, -0.1) is 0 Å². The third kappa shape index (κ3) is 4.04. The van der Waals surface area contributed by atoms with Crippen LogP contribution in [-0.4, -0.2) is 25.5 Å². The summed E-state index contributed by atoms with van der Waals surface area (Å²) in [6.07, 6.45) is 0. The Hall–Kier alpha value is -1.60. The molecular formula is C10H14N2O4S. The minimum Gasteiger partial charge on any atom is -0.478 e. The third-order valence-electron chi connectivity index (χ3n) is 1.79. The molecule has 0 radical (unpaired) electrons. The Balaban J connectivity index is 3.00. The number of carbonyl (C=O) groups is 1. The second kappa shape index (κ2) is 5.15. The largest absolute Gasteiger partial charge is 0.478 e. The zero-order chi connectivity index (χ0) is 13.1. The number of benzene rings is 1. The molecule has 0 atom stereocenters. The van der Waals surface area contributed by atoms with Crippen LogP contribution in [0, 0.1) is 0 Å². The van der Waals surface area contributed by atoms with Gasteiger partial charge in [0.05, 0.1) is 11.3 Å². The molecule has 0 aliphatic carbocycles. The van der Waals surface area contributed by atoms with Crippen molar-refractivity contribution in [2.24, 2.45) is 0 Å². The van der Waals surface area contributed by atoms with E-state index in [9.17, 15) is 13.2 Å². The summed E-state index contributed by atoms with van der Waals surface area (Å²) in [4.78, 5) is 10.9. The van der Waals surface area contributed by atoms with Crippen LogP contribution in [-0.2, 0) is 10.2 Å². The van der Waals surface area contributed by atoms with Gasteiger partial charge in [0.1, 0.15) is 0 Å². The minimum atomic E-state index is -3.75. The van der Waals surface area contributed by atoms with E-state index in [0.29, 0.717) is 0 Å². The van der Waals surface area contributed by atoms with Gasteiger partial charge in [-0.2, -0.15) is 13.1 Å². The molecule has 6 nitrogen and oxygen atoms in total. The Morgan fingerprint density at radius 3 is 2.41 bits per heavy atom. The van der Waals surface area contributed by atoms with E-state index in [2.05, 4.69) is 9.44 Å². The summed E-state index contributed by atoms with van der Waals surface area (Å²) < 4.78 is 27.6. The molecule has 1 aromatic rings. The van der Waals surface area contributed by atoms with Crippen molar-refractivity contribution in [2.45, 2.75) is 19.9 Å². The first kappa shape index (κ1) is 13.5. The Kier molecular flexibility index (Phi) is 4.08. The van der Waals surface area contributed by atoms with E-state index in [1.54, 1.807) is 19.9 Å². The normalized spacial score (nSPS) is 11.5. The van der Waals surface area contributed by atoms with E-state index in [-0.39, 0.29) is 17.3 Å². The summed E-state index contributed by atoms with van der Waals surface area (Å²) in [6, 6.07) is 5.53. The van der Waals surface area contributed by atoms with Crippen molar-refractivity contribution in [3.8, 4) is 0 Å². The highest BCUT2D eigenvalue weighted by atomic mass is 32.2. The first-order chi connectivity index (χ1) is 7.82. The molecule has 0 aliphatic rings. The number of carboxylic acids is 1. The average molecular weight is 258 g/mol. The van der Waals surface area contributed by atoms with Gasteiger partial charge in [-0.05, 0) is 26.0 Å². The van der Waals surface area contributed by atoms with Crippen molar-refractivity contribution >= 4 is 21.9 Å². The van der Waals surface area contributed by atoms with Crippen molar-refractivity contribution in [3.05, 3.63) is 29.8 Å². The van der Waals surface area contributed by atoms with E-state index < -0.39 is 16.2 Å². The highest BCUT2D eigenvalue weighted by Crippen LogP contribution is 2.15. The zero-order valence-electron chi connectivity index (χ0n) is 9.47. The molecule has 0 fully saturated rings. The van der Waals surface area contributed by atoms with Crippen LogP contribution in [0.4, 0.5) is 5.69 Å². The van der Waals surface area contributed by atoms with Gasteiger partial charge in [0.2, 0.25) is 0 Å². The van der Waals surface area contributed by atoms with Gasteiger partial charge in [-0.1, -0.05) is 12.1 Å². The topological polar surface area (TPSA) is 95.5 Å². The number of aromatic carboxylic acids is 1. The van der Waals surface area contributed by atoms with Crippen LogP contribution in [0.2, 0.25) is 0 Å². The van der Waals surface area contributed by atoms with E-state index in [0.717, 1.165) is 0 Å². The van der Waals surface area contributed by atoms with E-state index in [1.807, 2.05) is 0 Å². The van der Waals surface area contributed by atoms with Crippen LogP contribution >= 0.6 is 0 Å². The maximum absolute atomic E-state index is 11.6. The first-order valence-electron chi connectivity index (χ1n) is 4.94. The Bertz CT molecular complexity index is 511. The summed E-state index contributed by atoms with van der Waals surface area (Å²) in [5.41, 5.74) is -0.0604. The van der Waals surface area contributed by atoms with Crippen LogP contribution in [0.3, 0.4) is 0 Å². The van der Waals surface area contributed by atoms with Crippen LogP contribution < -0.4 is 9.44 Å². The molecule has 0 saturated carbocycles. The highest BCUT2D eigenvalue weighted by molar-refractivity contribution is 7.90. The molecule has 0 amide bonds. The molecule has 3 N–H and O–H groups in total. The van der Waals surface area contributed by atoms with Gasteiger partial charge in [0.15, 0.2) is 0 Å². The average Bonchev–Trinajstić information content (AvgIpc) is 2.14. The molecule has 7 heteroatoms. The molecule has 0 heterocycles. The molecule has 0 aromatic heterocycles. The van der Waals surface area contributed by atoms with Crippen molar-refractivity contribution < 1.29 is 18.3 Å². The van der Waals surface area contributed by atoms with Gasteiger partial charge in [0, 0.05) is 6.04 Å². The predicted molar refractivity (Wildman–Crippen MR) is 64.2 cm³/mol. The quantitative estimate of drug-likeness (QED) is 0.735. The van der Waals surface area contributed by atoms with E-state index in [1.165, 1.54) is 18.2 Å². The molecule has 0 saturated heterocycles. The molecule has 0 spiro atoms. The van der Waals surface area contributed by atoms with E-state index >= 15 is 0 Å². The molecule has 0 aliphatic heterocycles. The SMILES string of the molecule is CC(C)NS(=O)(=O)Nc1ccccc1C(=O)O. The number of anilines is 1. The number of para-hydroxylation sites is 1. The molecule has 1 aromatic carbocycles. The molecular weight excluding hydrogens is 244 g/mol. The first-order valence-corrected chi connectivity index (χ1v) is 6.42. The number of hydrogen-bond donors (Lipinski definition) is 3. The molecule has 17 heavy (non-hydrogen) atoms. The van der Waals surface area contributed by atoms with Crippen LogP contribution in [0.15, 0.2) is 24.3 Å². The summed E-state index contributed by atoms with van der Waals surface area (Å²) in [6.45, 7) is 3.34. The Morgan fingerprint density at radius 2 is 1.88 bits per heavy atom.